The molecule has 2 aliphatic heterocycles. The van der Waals surface area contributed by atoms with E-state index in [0.717, 1.165) is 17.3 Å². The minimum atomic E-state index is -0.317. The van der Waals surface area contributed by atoms with Crippen LogP contribution in [-0.4, -0.2) is 73.6 Å². The van der Waals surface area contributed by atoms with Gasteiger partial charge in [0.1, 0.15) is 17.4 Å². The molecule has 3 heterocycles. The Morgan fingerprint density at radius 2 is 1.74 bits per heavy atom. The van der Waals surface area contributed by atoms with Gasteiger partial charge < -0.3 is 24.2 Å². The highest BCUT2D eigenvalue weighted by atomic mass is 16.5. The largest absolute Gasteiger partial charge is 0.497 e. The lowest BCUT2D eigenvalue weighted by atomic mass is 10.1. The molecule has 2 amide bonds. The Morgan fingerprint density at radius 3 is 2.39 bits per heavy atom. The zero-order chi connectivity index (χ0) is 22.0. The molecule has 0 radical (unpaired) electrons. The van der Waals surface area contributed by atoms with E-state index in [1.807, 2.05) is 42.2 Å². The topological polar surface area (TPSA) is 88.1 Å². The number of piperazine rings is 1. The van der Waals surface area contributed by atoms with E-state index in [9.17, 15) is 9.59 Å². The second-order valence-electron chi connectivity index (χ2n) is 7.73. The monoisotopic (exact) mass is 425 g/mol. The fourth-order valence-corrected chi connectivity index (χ4v) is 4.09. The molecular weight excluding hydrogens is 398 g/mol. The molecule has 0 spiro atoms. The molecule has 0 aliphatic carbocycles. The standard InChI is InChI=1S/C22H27N5O4/c1-15-23-19(13-20(24-15)31-3)25-8-10-26(11-9-25)22(29)16-12-21(28)27(14-16)17-4-6-18(30-2)7-5-17/h4-7,13,16H,8-12,14H2,1-3H3. The van der Waals surface area contributed by atoms with E-state index < -0.39 is 0 Å². The Kier molecular flexibility index (Phi) is 5.92. The Morgan fingerprint density at radius 1 is 1.03 bits per heavy atom. The number of hydrogen-bond donors (Lipinski definition) is 0. The summed E-state index contributed by atoms with van der Waals surface area (Å²) in [6, 6.07) is 9.15. The highest BCUT2D eigenvalue weighted by Crippen LogP contribution is 2.28. The third kappa shape index (κ3) is 4.40. The van der Waals surface area contributed by atoms with Crippen molar-refractivity contribution >= 4 is 23.3 Å². The van der Waals surface area contributed by atoms with E-state index in [4.69, 9.17) is 9.47 Å². The van der Waals surface area contributed by atoms with Crippen molar-refractivity contribution in [3.05, 3.63) is 36.2 Å². The molecule has 1 aromatic heterocycles. The maximum absolute atomic E-state index is 13.1. The first-order valence-electron chi connectivity index (χ1n) is 10.4. The number of nitrogens with zero attached hydrogens (tertiary/aromatic N) is 5. The van der Waals surface area contributed by atoms with Gasteiger partial charge >= 0.3 is 0 Å². The number of hydrogen-bond acceptors (Lipinski definition) is 7. The van der Waals surface area contributed by atoms with Crippen molar-refractivity contribution in [2.45, 2.75) is 13.3 Å². The predicted octanol–water partition coefficient (Wildman–Crippen LogP) is 1.50. The average molecular weight is 425 g/mol. The molecule has 0 bridgehead atoms. The van der Waals surface area contributed by atoms with E-state index in [2.05, 4.69) is 14.9 Å². The van der Waals surface area contributed by atoms with Gasteiger partial charge in [-0.2, -0.15) is 4.98 Å². The number of methoxy groups -OCH3 is 2. The van der Waals surface area contributed by atoms with E-state index in [1.54, 1.807) is 19.1 Å². The number of carbonyl (C=O) groups excluding carboxylic acids is 2. The number of amides is 2. The van der Waals surface area contributed by atoms with Crippen molar-refractivity contribution in [3.8, 4) is 11.6 Å². The summed E-state index contributed by atoms with van der Waals surface area (Å²) < 4.78 is 10.4. The summed E-state index contributed by atoms with van der Waals surface area (Å²) in [4.78, 5) is 40.0. The van der Waals surface area contributed by atoms with Gasteiger partial charge in [-0.1, -0.05) is 0 Å². The summed E-state index contributed by atoms with van der Waals surface area (Å²) in [5.41, 5.74) is 0.791. The number of benzene rings is 1. The summed E-state index contributed by atoms with van der Waals surface area (Å²) in [6.45, 7) is 4.78. The minimum Gasteiger partial charge on any atom is -0.497 e. The number of rotatable bonds is 5. The Hall–Kier alpha value is -3.36. The summed E-state index contributed by atoms with van der Waals surface area (Å²) >= 11 is 0. The molecule has 1 atom stereocenters. The third-order valence-electron chi connectivity index (χ3n) is 5.78. The van der Waals surface area contributed by atoms with Gasteiger partial charge in [0, 0.05) is 50.9 Å². The first kappa shape index (κ1) is 20.9. The van der Waals surface area contributed by atoms with Gasteiger partial charge in [-0.15, -0.1) is 0 Å². The molecule has 2 fully saturated rings. The second kappa shape index (κ2) is 8.79. The zero-order valence-corrected chi connectivity index (χ0v) is 18.1. The maximum atomic E-state index is 13.1. The van der Waals surface area contributed by atoms with Gasteiger partial charge in [0.15, 0.2) is 0 Å². The number of carbonyl (C=O) groups is 2. The lowest BCUT2D eigenvalue weighted by molar-refractivity contribution is -0.136. The maximum Gasteiger partial charge on any atom is 0.228 e. The molecule has 1 aromatic carbocycles. The van der Waals surface area contributed by atoms with Gasteiger partial charge in [-0.05, 0) is 31.2 Å². The Balaban J connectivity index is 1.36. The van der Waals surface area contributed by atoms with Crippen LogP contribution in [0.5, 0.6) is 11.6 Å². The van der Waals surface area contributed by atoms with E-state index >= 15 is 0 Å². The smallest absolute Gasteiger partial charge is 0.228 e. The summed E-state index contributed by atoms with van der Waals surface area (Å²) in [7, 11) is 3.19. The van der Waals surface area contributed by atoms with Crippen LogP contribution in [0.1, 0.15) is 12.2 Å². The SMILES string of the molecule is COc1ccc(N2CC(C(=O)N3CCN(c4cc(OC)nc(C)n4)CC3)CC2=O)cc1. The minimum absolute atomic E-state index is 0.0225. The highest BCUT2D eigenvalue weighted by Gasteiger charge is 2.38. The van der Waals surface area contributed by atoms with Crippen molar-refractivity contribution in [1.29, 1.82) is 0 Å². The lowest BCUT2D eigenvalue weighted by Gasteiger charge is -2.36. The molecule has 9 nitrogen and oxygen atoms in total. The zero-order valence-electron chi connectivity index (χ0n) is 18.1. The van der Waals surface area contributed by atoms with Crippen molar-refractivity contribution in [1.82, 2.24) is 14.9 Å². The normalized spacial score (nSPS) is 19.0. The molecule has 1 unspecified atom stereocenters. The first-order valence-corrected chi connectivity index (χ1v) is 10.4. The van der Waals surface area contributed by atoms with Crippen molar-refractivity contribution in [2.24, 2.45) is 5.92 Å². The first-order chi connectivity index (χ1) is 15.0. The molecule has 4 rings (SSSR count). The Labute approximate surface area is 181 Å². The van der Waals surface area contributed by atoms with Crippen LogP contribution in [0.2, 0.25) is 0 Å². The van der Waals surface area contributed by atoms with Crippen LogP contribution in [0.3, 0.4) is 0 Å². The van der Waals surface area contributed by atoms with Gasteiger partial charge in [0.05, 0.1) is 20.1 Å². The number of anilines is 2. The van der Waals surface area contributed by atoms with E-state index in [0.29, 0.717) is 44.4 Å². The molecule has 9 heteroatoms. The van der Waals surface area contributed by atoms with Gasteiger partial charge in [-0.3, -0.25) is 9.59 Å². The fourth-order valence-electron chi connectivity index (χ4n) is 4.09. The lowest BCUT2D eigenvalue weighted by Crippen LogP contribution is -2.51. The van der Waals surface area contributed by atoms with Crippen LogP contribution < -0.4 is 19.3 Å². The van der Waals surface area contributed by atoms with Crippen molar-refractivity contribution in [2.75, 3.05) is 56.7 Å². The number of ether oxygens (including phenoxy) is 2. The molecule has 0 N–H and O–H groups in total. The Bertz CT molecular complexity index is 957. The second-order valence-corrected chi connectivity index (χ2v) is 7.73. The third-order valence-corrected chi connectivity index (χ3v) is 5.78. The summed E-state index contributed by atoms with van der Waals surface area (Å²) in [5, 5.41) is 0. The van der Waals surface area contributed by atoms with Crippen LogP contribution in [0.15, 0.2) is 30.3 Å². The fraction of sp³-hybridized carbons (Fsp3) is 0.455. The number of aryl methyl sites for hydroxylation is 1. The van der Waals surface area contributed by atoms with E-state index in [-0.39, 0.29) is 24.2 Å². The molecule has 31 heavy (non-hydrogen) atoms. The molecular formula is C22H27N5O4. The van der Waals surface area contributed by atoms with Gasteiger partial charge in [0.2, 0.25) is 17.7 Å². The van der Waals surface area contributed by atoms with Crippen LogP contribution in [0.25, 0.3) is 0 Å². The quantitative estimate of drug-likeness (QED) is 0.717. The molecule has 2 saturated heterocycles. The highest BCUT2D eigenvalue weighted by molar-refractivity contribution is 6.00. The van der Waals surface area contributed by atoms with Crippen molar-refractivity contribution in [3.63, 3.8) is 0 Å². The molecule has 2 aliphatic rings. The number of aromatic nitrogens is 2. The average Bonchev–Trinajstić information content (AvgIpc) is 3.19. The predicted molar refractivity (Wildman–Crippen MR) is 116 cm³/mol. The van der Waals surface area contributed by atoms with Crippen LogP contribution in [-0.2, 0) is 9.59 Å². The summed E-state index contributed by atoms with van der Waals surface area (Å²) in [6.07, 6.45) is 0.243. The van der Waals surface area contributed by atoms with E-state index in [1.165, 1.54) is 0 Å². The molecule has 0 saturated carbocycles. The van der Waals surface area contributed by atoms with Crippen molar-refractivity contribution < 1.29 is 19.1 Å². The van der Waals surface area contributed by atoms with Crippen LogP contribution in [0.4, 0.5) is 11.5 Å². The van der Waals surface area contributed by atoms with Crippen LogP contribution >= 0.6 is 0 Å². The summed E-state index contributed by atoms with van der Waals surface area (Å²) in [5.74, 6) is 2.42. The van der Waals surface area contributed by atoms with Crippen LogP contribution in [0, 0.1) is 12.8 Å². The van der Waals surface area contributed by atoms with Gasteiger partial charge in [-0.25, -0.2) is 4.98 Å². The van der Waals surface area contributed by atoms with Gasteiger partial charge in [0.25, 0.3) is 0 Å². The molecule has 2 aromatic rings. The molecule has 164 valence electrons.